The molecule has 4 heteroatoms. The number of nitrogens with one attached hydrogen (secondary N) is 1. The summed E-state index contributed by atoms with van der Waals surface area (Å²) < 4.78 is 18.6. The van der Waals surface area contributed by atoms with Gasteiger partial charge < -0.3 is 4.74 Å². The average Bonchev–Trinajstić information content (AvgIpc) is 2.28. The maximum atomic E-state index is 13.5. The molecule has 0 aliphatic heterocycles. The predicted octanol–water partition coefficient (Wildman–Crippen LogP) is 2.75. The Morgan fingerprint density at radius 3 is 2.59 bits per heavy atom. The molecule has 0 fully saturated rings. The summed E-state index contributed by atoms with van der Waals surface area (Å²) in [6.45, 7) is 6.01. The van der Waals surface area contributed by atoms with Crippen molar-refractivity contribution < 1.29 is 14.0 Å². The number of ether oxygens (including phenoxy) is 1. The van der Waals surface area contributed by atoms with Crippen molar-refractivity contribution in [1.29, 1.82) is 0 Å². The molecule has 0 saturated heterocycles. The second-order valence-corrected chi connectivity index (χ2v) is 4.30. The highest BCUT2D eigenvalue weighted by molar-refractivity contribution is 5.25. The number of benzene rings is 1. The number of hydrogen-bond acceptors (Lipinski definition) is 3. The van der Waals surface area contributed by atoms with Gasteiger partial charge in [-0.1, -0.05) is 12.1 Å². The van der Waals surface area contributed by atoms with Gasteiger partial charge >= 0.3 is 0 Å². The molecule has 0 aliphatic rings. The first-order chi connectivity index (χ1) is 8.04. The first kappa shape index (κ1) is 14.1. The first-order valence-corrected chi connectivity index (χ1v) is 5.70. The van der Waals surface area contributed by atoms with E-state index in [1.807, 2.05) is 19.9 Å². The van der Waals surface area contributed by atoms with E-state index in [1.54, 1.807) is 20.1 Å². The predicted molar refractivity (Wildman–Crippen MR) is 65.1 cm³/mol. The highest BCUT2D eigenvalue weighted by Crippen LogP contribution is 2.17. The van der Waals surface area contributed by atoms with Crippen molar-refractivity contribution in [3.63, 3.8) is 0 Å². The van der Waals surface area contributed by atoms with Crippen molar-refractivity contribution in [1.82, 2.24) is 5.48 Å². The standard InChI is InChI=1S/C13H20FNO2/c1-9(2)17-15-13(8-16-4)11-6-5-10(3)12(14)7-11/h5-7,9,13,15H,8H2,1-4H3/t13-/m0/s1. The van der Waals surface area contributed by atoms with Gasteiger partial charge in [-0.05, 0) is 38.0 Å². The third kappa shape index (κ3) is 4.42. The molecule has 3 nitrogen and oxygen atoms in total. The molecule has 0 spiro atoms. The lowest BCUT2D eigenvalue weighted by Crippen LogP contribution is -2.28. The molecule has 0 heterocycles. The van der Waals surface area contributed by atoms with Crippen molar-refractivity contribution in [2.75, 3.05) is 13.7 Å². The van der Waals surface area contributed by atoms with Gasteiger partial charge in [-0.25, -0.2) is 4.39 Å². The normalized spacial score (nSPS) is 13.1. The van der Waals surface area contributed by atoms with E-state index in [1.165, 1.54) is 6.07 Å². The molecule has 17 heavy (non-hydrogen) atoms. The van der Waals surface area contributed by atoms with E-state index >= 15 is 0 Å². The maximum Gasteiger partial charge on any atom is 0.126 e. The average molecular weight is 241 g/mol. The van der Waals surface area contributed by atoms with Gasteiger partial charge in [0.15, 0.2) is 0 Å². The fourth-order valence-corrected chi connectivity index (χ4v) is 1.41. The van der Waals surface area contributed by atoms with Crippen LogP contribution in [0.25, 0.3) is 0 Å². The van der Waals surface area contributed by atoms with Crippen molar-refractivity contribution in [2.45, 2.75) is 32.9 Å². The first-order valence-electron chi connectivity index (χ1n) is 5.70. The third-order valence-electron chi connectivity index (χ3n) is 2.38. The molecule has 1 atom stereocenters. The Hall–Kier alpha value is -0.970. The third-order valence-corrected chi connectivity index (χ3v) is 2.38. The summed E-state index contributed by atoms with van der Waals surface area (Å²) in [6.07, 6.45) is 0.0599. The van der Waals surface area contributed by atoms with Crippen LogP contribution in [0.2, 0.25) is 0 Å². The molecule has 0 radical (unpaired) electrons. The number of hydroxylamine groups is 1. The van der Waals surface area contributed by atoms with Crippen molar-refractivity contribution in [2.24, 2.45) is 0 Å². The van der Waals surface area contributed by atoms with Gasteiger partial charge in [0.05, 0.1) is 18.8 Å². The number of rotatable bonds is 6. The minimum atomic E-state index is -0.213. The molecule has 0 amide bonds. The highest BCUT2D eigenvalue weighted by atomic mass is 19.1. The summed E-state index contributed by atoms with van der Waals surface area (Å²) >= 11 is 0. The minimum Gasteiger partial charge on any atom is -0.383 e. The Morgan fingerprint density at radius 2 is 2.06 bits per heavy atom. The van der Waals surface area contributed by atoms with E-state index in [2.05, 4.69) is 5.48 Å². The molecule has 1 rings (SSSR count). The Balaban J connectivity index is 2.77. The zero-order valence-corrected chi connectivity index (χ0v) is 10.8. The van der Waals surface area contributed by atoms with E-state index < -0.39 is 0 Å². The van der Waals surface area contributed by atoms with Gasteiger partial charge in [0.1, 0.15) is 5.82 Å². The lowest BCUT2D eigenvalue weighted by molar-refractivity contribution is -0.0411. The smallest absolute Gasteiger partial charge is 0.126 e. The Labute approximate surface area is 102 Å². The summed E-state index contributed by atoms with van der Waals surface area (Å²) in [7, 11) is 1.61. The summed E-state index contributed by atoms with van der Waals surface area (Å²) in [5.41, 5.74) is 4.34. The molecule has 0 unspecified atom stereocenters. The van der Waals surface area contributed by atoms with Gasteiger partial charge in [-0.15, -0.1) is 0 Å². The zero-order chi connectivity index (χ0) is 12.8. The van der Waals surface area contributed by atoms with E-state index in [0.717, 1.165) is 5.56 Å². The molecule has 0 saturated carbocycles. The van der Waals surface area contributed by atoms with Gasteiger partial charge in [0, 0.05) is 7.11 Å². The monoisotopic (exact) mass is 241 g/mol. The molecule has 0 aromatic heterocycles. The summed E-state index contributed by atoms with van der Waals surface area (Å²) in [6, 6.07) is 4.97. The van der Waals surface area contributed by atoms with Crippen LogP contribution in [0.15, 0.2) is 18.2 Å². The van der Waals surface area contributed by atoms with Crippen LogP contribution in [-0.2, 0) is 9.57 Å². The summed E-state index contributed by atoms with van der Waals surface area (Å²) in [5.74, 6) is -0.213. The Bertz CT molecular complexity index is 355. The van der Waals surface area contributed by atoms with Gasteiger partial charge in [0.25, 0.3) is 0 Å². The molecule has 0 aliphatic carbocycles. The van der Waals surface area contributed by atoms with Crippen LogP contribution >= 0.6 is 0 Å². The van der Waals surface area contributed by atoms with Crippen LogP contribution in [0.4, 0.5) is 4.39 Å². The van der Waals surface area contributed by atoms with Crippen LogP contribution in [-0.4, -0.2) is 19.8 Å². The fourth-order valence-electron chi connectivity index (χ4n) is 1.41. The molecule has 1 aromatic rings. The summed E-state index contributed by atoms with van der Waals surface area (Å²) in [4.78, 5) is 5.33. The number of hydrogen-bond donors (Lipinski definition) is 1. The second kappa shape index (κ2) is 6.69. The number of methoxy groups -OCH3 is 1. The quantitative estimate of drug-likeness (QED) is 0.777. The SMILES string of the molecule is COC[C@H](NOC(C)C)c1ccc(C)c(F)c1. The number of aryl methyl sites for hydroxylation is 1. The lowest BCUT2D eigenvalue weighted by Gasteiger charge is -2.20. The Kier molecular flexibility index (Phi) is 5.55. The largest absolute Gasteiger partial charge is 0.383 e. The van der Waals surface area contributed by atoms with Crippen LogP contribution in [0.3, 0.4) is 0 Å². The van der Waals surface area contributed by atoms with E-state index in [-0.39, 0.29) is 18.0 Å². The van der Waals surface area contributed by atoms with Crippen molar-refractivity contribution in [3.8, 4) is 0 Å². The number of halogens is 1. The summed E-state index contributed by atoms with van der Waals surface area (Å²) in [5, 5.41) is 0. The van der Waals surface area contributed by atoms with Gasteiger partial charge in [-0.2, -0.15) is 5.48 Å². The fraction of sp³-hybridized carbons (Fsp3) is 0.538. The highest BCUT2D eigenvalue weighted by Gasteiger charge is 2.13. The topological polar surface area (TPSA) is 30.5 Å². The van der Waals surface area contributed by atoms with Crippen LogP contribution in [0.5, 0.6) is 0 Å². The molecular formula is C13H20FNO2. The van der Waals surface area contributed by atoms with Crippen molar-refractivity contribution >= 4 is 0 Å². The molecule has 0 bridgehead atoms. The molecular weight excluding hydrogens is 221 g/mol. The lowest BCUT2D eigenvalue weighted by atomic mass is 10.1. The van der Waals surface area contributed by atoms with Crippen LogP contribution in [0, 0.1) is 12.7 Å². The van der Waals surface area contributed by atoms with Gasteiger partial charge in [-0.3, -0.25) is 4.84 Å². The van der Waals surface area contributed by atoms with Crippen LogP contribution < -0.4 is 5.48 Å². The molecule has 96 valence electrons. The molecule has 1 aromatic carbocycles. The molecule has 1 N–H and O–H groups in total. The van der Waals surface area contributed by atoms with Crippen molar-refractivity contribution in [3.05, 3.63) is 35.1 Å². The Morgan fingerprint density at radius 1 is 1.35 bits per heavy atom. The van der Waals surface area contributed by atoms with Gasteiger partial charge in [0.2, 0.25) is 0 Å². The van der Waals surface area contributed by atoms with E-state index in [9.17, 15) is 4.39 Å². The zero-order valence-electron chi connectivity index (χ0n) is 10.8. The second-order valence-electron chi connectivity index (χ2n) is 4.30. The van der Waals surface area contributed by atoms with E-state index in [0.29, 0.717) is 12.2 Å². The minimum absolute atomic E-state index is 0.0599. The maximum absolute atomic E-state index is 13.5. The van der Waals surface area contributed by atoms with E-state index in [4.69, 9.17) is 9.57 Å². The van der Waals surface area contributed by atoms with Crippen LogP contribution in [0.1, 0.15) is 31.0 Å².